The number of halogens is 4. The van der Waals surface area contributed by atoms with Crippen molar-refractivity contribution in [3.05, 3.63) is 67.1 Å². The molecule has 3 aliphatic heterocycles. The molecule has 186 valence electrons. The van der Waals surface area contributed by atoms with Gasteiger partial charge in [-0.1, -0.05) is 58.5 Å². The van der Waals surface area contributed by atoms with Gasteiger partial charge in [0.05, 0.1) is 5.41 Å². The lowest BCUT2D eigenvalue weighted by Gasteiger charge is -2.46. The van der Waals surface area contributed by atoms with Crippen LogP contribution in [0.15, 0.2) is 30.3 Å². The summed E-state index contributed by atoms with van der Waals surface area (Å²) in [4.78, 5) is 28.2. The Kier molecular flexibility index (Phi) is 7.01. The van der Waals surface area contributed by atoms with Gasteiger partial charge in [-0.05, 0) is 86.0 Å². The van der Waals surface area contributed by atoms with Crippen LogP contribution >= 0.6 is 46.4 Å². The molecule has 3 saturated heterocycles. The first-order valence-corrected chi connectivity index (χ1v) is 13.5. The maximum Gasteiger partial charge on any atom is 0.240 e. The highest BCUT2D eigenvalue weighted by atomic mass is 35.5. The van der Waals surface area contributed by atoms with Crippen molar-refractivity contribution in [2.75, 3.05) is 13.1 Å². The Balaban J connectivity index is 1.37. The van der Waals surface area contributed by atoms with E-state index >= 15 is 0 Å². The van der Waals surface area contributed by atoms with Crippen LogP contribution in [0.5, 0.6) is 0 Å². The van der Waals surface area contributed by atoms with Crippen molar-refractivity contribution in [1.29, 1.82) is 0 Å². The van der Waals surface area contributed by atoms with Crippen molar-refractivity contribution in [2.24, 2.45) is 11.7 Å². The van der Waals surface area contributed by atoms with E-state index in [0.29, 0.717) is 44.4 Å². The van der Waals surface area contributed by atoms with Gasteiger partial charge in [0.15, 0.2) is 0 Å². The zero-order valence-corrected chi connectivity index (χ0v) is 22.2. The average Bonchev–Trinajstić information content (AvgIpc) is 3.62. The highest BCUT2D eigenvalue weighted by molar-refractivity contribution is 6.36. The molecular formula is C26H27Cl4N3O2. The highest BCUT2D eigenvalue weighted by Gasteiger charge is 2.53. The third kappa shape index (κ3) is 4.91. The molecule has 3 N–H and O–H groups in total. The van der Waals surface area contributed by atoms with Gasteiger partial charge in [-0.15, -0.1) is 0 Å². The topological polar surface area (TPSA) is 75.4 Å². The highest BCUT2D eigenvalue weighted by Crippen LogP contribution is 2.51. The molecule has 1 saturated carbocycles. The number of carbonyl (C=O) groups excluding carboxylic acids is 2. The number of nitrogens with two attached hydrogens (primary N) is 1. The van der Waals surface area contributed by atoms with Gasteiger partial charge >= 0.3 is 0 Å². The van der Waals surface area contributed by atoms with Gasteiger partial charge in [0.1, 0.15) is 6.04 Å². The number of nitrogens with one attached hydrogen (secondary N) is 1. The van der Waals surface area contributed by atoms with E-state index in [2.05, 4.69) is 10.2 Å². The van der Waals surface area contributed by atoms with Crippen LogP contribution in [0, 0.1) is 5.92 Å². The first-order valence-electron chi connectivity index (χ1n) is 12.0. The number of hydrogen-bond acceptors (Lipinski definition) is 3. The molecule has 35 heavy (non-hydrogen) atoms. The van der Waals surface area contributed by atoms with E-state index in [-0.39, 0.29) is 18.4 Å². The van der Waals surface area contributed by atoms with Gasteiger partial charge in [-0.2, -0.15) is 0 Å². The van der Waals surface area contributed by atoms with E-state index in [1.807, 2.05) is 6.07 Å². The summed E-state index contributed by atoms with van der Waals surface area (Å²) in [5.41, 5.74) is 7.42. The molecule has 3 heterocycles. The van der Waals surface area contributed by atoms with Gasteiger partial charge in [0, 0.05) is 32.6 Å². The van der Waals surface area contributed by atoms with E-state index < -0.39 is 17.4 Å². The number of primary amides is 1. The lowest BCUT2D eigenvalue weighted by atomic mass is 9.80. The maximum atomic E-state index is 13.3. The van der Waals surface area contributed by atoms with Crippen molar-refractivity contribution in [2.45, 2.75) is 56.0 Å². The largest absolute Gasteiger partial charge is 0.368 e. The summed E-state index contributed by atoms with van der Waals surface area (Å²) < 4.78 is 0. The molecular weight excluding hydrogens is 528 g/mol. The van der Waals surface area contributed by atoms with Gasteiger partial charge < -0.3 is 11.1 Å². The molecule has 2 atom stereocenters. The third-order valence-electron chi connectivity index (χ3n) is 7.88. The minimum absolute atomic E-state index is 0.185. The predicted molar refractivity (Wildman–Crippen MR) is 140 cm³/mol. The Labute approximate surface area is 225 Å². The molecule has 2 aromatic carbocycles. The first kappa shape index (κ1) is 25.2. The molecule has 2 bridgehead atoms. The summed E-state index contributed by atoms with van der Waals surface area (Å²) in [6.45, 7) is 2.14. The van der Waals surface area contributed by atoms with Gasteiger partial charge in [0.25, 0.3) is 0 Å². The predicted octanol–water partition coefficient (Wildman–Crippen LogP) is 5.70. The molecule has 4 aliphatic rings. The second kappa shape index (κ2) is 9.75. The standard InChI is InChI=1S/C26H27Cl4N3O2/c27-16-1-2-18(21(30)12-16)26(5-6-26)25(35)32-22(24(31)34)11-15-10-17(20(29)13-19(15)28)23-9-14-3-7-33(23)8-4-14/h1-2,10,12-14,22-23H,3-9,11H2,(H2,31,34)(H,32,35)/t22-,23?/m0/s1. The minimum atomic E-state index is -0.916. The zero-order chi connectivity index (χ0) is 24.9. The SMILES string of the molecule is NC(=O)[C@H](Cc1cc(C2CC3CCN2CC3)c(Cl)cc1Cl)NC(=O)C1(c2ccc(Cl)cc2Cl)CC1. The summed E-state index contributed by atoms with van der Waals surface area (Å²) in [7, 11) is 0. The van der Waals surface area contributed by atoms with Crippen molar-refractivity contribution >= 4 is 58.2 Å². The molecule has 5 nitrogen and oxygen atoms in total. The number of hydrogen-bond donors (Lipinski definition) is 2. The second-order valence-electron chi connectivity index (χ2n) is 10.0. The molecule has 1 unspecified atom stereocenters. The van der Waals surface area contributed by atoms with E-state index in [1.165, 1.54) is 12.8 Å². The molecule has 0 radical (unpaired) electrons. The molecule has 0 aromatic heterocycles. The lowest BCUT2D eigenvalue weighted by molar-refractivity contribution is -0.128. The first-order chi connectivity index (χ1) is 16.7. The number of piperidine rings is 3. The Hall–Kier alpha value is -1.50. The molecule has 9 heteroatoms. The fraction of sp³-hybridized carbons (Fsp3) is 0.462. The molecule has 2 aromatic rings. The second-order valence-corrected chi connectivity index (χ2v) is 11.7. The van der Waals surface area contributed by atoms with Crippen LogP contribution in [-0.4, -0.2) is 35.8 Å². The van der Waals surface area contributed by atoms with Gasteiger partial charge in [0.2, 0.25) is 11.8 Å². The minimum Gasteiger partial charge on any atom is -0.368 e. The smallest absolute Gasteiger partial charge is 0.240 e. The van der Waals surface area contributed by atoms with E-state index in [1.54, 1.807) is 24.3 Å². The quantitative estimate of drug-likeness (QED) is 0.461. The van der Waals surface area contributed by atoms with Crippen LogP contribution in [0.25, 0.3) is 0 Å². The molecule has 2 amide bonds. The summed E-state index contributed by atoms with van der Waals surface area (Å²) in [5.74, 6) is -0.178. The number of rotatable bonds is 7. The fourth-order valence-electron chi connectivity index (χ4n) is 5.67. The zero-order valence-electron chi connectivity index (χ0n) is 19.1. The fourth-order valence-corrected chi connectivity index (χ4v) is 6.85. The number of fused-ring (bicyclic) bond motifs is 3. The lowest BCUT2D eigenvalue weighted by Crippen LogP contribution is -2.49. The Morgan fingerprint density at radius 2 is 1.74 bits per heavy atom. The van der Waals surface area contributed by atoms with Crippen LogP contribution in [-0.2, 0) is 21.4 Å². The van der Waals surface area contributed by atoms with Crippen LogP contribution in [0.2, 0.25) is 20.1 Å². The monoisotopic (exact) mass is 553 g/mol. The van der Waals surface area contributed by atoms with Gasteiger partial charge in [-0.3, -0.25) is 14.5 Å². The van der Waals surface area contributed by atoms with Crippen molar-refractivity contribution in [3.63, 3.8) is 0 Å². The van der Waals surface area contributed by atoms with Crippen LogP contribution in [0.1, 0.15) is 54.8 Å². The van der Waals surface area contributed by atoms with Crippen LogP contribution in [0.4, 0.5) is 0 Å². The maximum absolute atomic E-state index is 13.3. The summed E-state index contributed by atoms with van der Waals surface area (Å²) in [5, 5.41) is 4.89. The van der Waals surface area contributed by atoms with Gasteiger partial charge in [-0.25, -0.2) is 0 Å². The average molecular weight is 555 g/mol. The van der Waals surface area contributed by atoms with Crippen molar-refractivity contribution < 1.29 is 9.59 Å². The summed E-state index contributed by atoms with van der Waals surface area (Å²) in [6, 6.07) is 8.17. The number of amides is 2. The Morgan fingerprint density at radius 3 is 2.31 bits per heavy atom. The number of nitrogens with zero attached hydrogens (tertiary/aromatic N) is 1. The van der Waals surface area contributed by atoms with E-state index in [4.69, 9.17) is 52.1 Å². The molecule has 6 rings (SSSR count). The van der Waals surface area contributed by atoms with Crippen molar-refractivity contribution in [1.82, 2.24) is 10.2 Å². The number of benzene rings is 2. The molecule has 0 spiro atoms. The van der Waals surface area contributed by atoms with Crippen molar-refractivity contribution in [3.8, 4) is 0 Å². The van der Waals surface area contributed by atoms with Crippen LogP contribution < -0.4 is 11.1 Å². The van der Waals surface area contributed by atoms with E-state index in [0.717, 1.165) is 30.6 Å². The summed E-state index contributed by atoms with van der Waals surface area (Å²) >= 11 is 25.6. The number of carbonyl (C=O) groups is 2. The van der Waals surface area contributed by atoms with E-state index in [9.17, 15) is 9.59 Å². The Morgan fingerprint density at radius 1 is 1.03 bits per heavy atom. The van der Waals surface area contributed by atoms with Crippen LogP contribution in [0.3, 0.4) is 0 Å². The summed E-state index contributed by atoms with van der Waals surface area (Å²) in [6.07, 6.45) is 4.98. The molecule has 1 aliphatic carbocycles. The molecule has 4 fully saturated rings. The Bertz CT molecular complexity index is 1180. The third-order valence-corrected chi connectivity index (χ3v) is 9.10. The normalized spacial score (nSPS) is 25.2.